The Labute approximate surface area is 153 Å². The average Bonchev–Trinajstić information content (AvgIpc) is 3.13. The number of carbonyl (C=O) groups is 1. The average molecular weight is 366 g/mol. The maximum atomic E-state index is 12.4. The van der Waals surface area contributed by atoms with E-state index in [0.29, 0.717) is 17.2 Å². The van der Waals surface area contributed by atoms with Gasteiger partial charge in [0.15, 0.2) is 0 Å². The van der Waals surface area contributed by atoms with Crippen molar-refractivity contribution in [1.29, 1.82) is 0 Å². The van der Waals surface area contributed by atoms with E-state index in [1.165, 1.54) is 38.8 Å². The van der Waals surface area contributed by atoms with Crippen LogP contribution < -0.4 is 10.6 Å². The van der Waals surface area contributed by atoms with Gasteiger partial charge in [0.25, 0.3) is 0 Å². The molecule has 0 aromatic rings. The van der Waals surface area contributed by atoms with Crippen molar-refractivity contribution in [2.75, 3.05) is 32.7 Å². The molecule has 2 aliphatic heterocycles. The van der Waals surface area contributed by atoms with Crippen LogP contribution in [0.1, 0.15) is 46.0 Å². The first-order valence-corrected chi connectivity index (χ1v) is 8.82. The summed E-state index contributed by atoms with van der Waals surface area (Å²) in [5.41, 5.74) is 0.356. The maximum absolute atomic E-state index is 12.4. The maximum Gasteiger partial charge on any atom is 0.223 e. The van der Waals surface area contributed by atoms with Crippen molar-refractivity contribution >= 4 is 30.7 Å². The smallest absolute Gasteiger partial charge is 0.223 e. The molecule has 2 saturated heterocycles. The lowest BCUT2D eigenvalue weighted by Crippen LogP contribution is -2.46. The lowest BCUT2D eigenvalue weighted by atomic mass is 9.91. The first-order valence-electron chi connectivity index (χ1n) is 8.82. The van der Waals surface area contributed by atoms with E-state index < -0.39 is 0 Å². The van der Waals surface area contributed by atoms with Gasteiger partial charge >= 0.3 is 0 Å². The molecule has 1 saturated carbocycles. The molecule has 4 nitrogen and oxygen atoms in total. The van der Waals surface area contributed by atoms with Crippen LogP contribution in [-0.2, 0) is 4.79 Å². The third-order valence-corrected chi connectivity index (χ3v) is 5.77. The summed E-state index contributed by atoms with van der Waals surface area (Å²) >= 11 is 0. The van der Waals surface area contributed by atoms with Crippen molar-refractivity contribution in [2.45, 2.75) is 52.0 Å². The molecule has 3 atom stereocenters. The zero-order valence-electron chi connectivity index (χ0n) is 14.5. The summed E-state index contributed by atoms with van der Waals surface area (Å²) in [6, 6.07) is 0.280. The van der Waals surface area contributed by atoms with E-state index in [4.69, 9.17) is 0 Å². The second-order valence-electron chi connectivity index (χ2n) is 7.79. The SMILES string of the molecule is CC1CCCN(CC(C)NC(=O)C2CC23CCNCC3)C1.Cl.Cl. The Balaban J connectivity index is 0.00000132. The van der Waals surface area contributed by atoms with Gasteiger partial charge in [-0.3, -0.25) is 4.79 Å². The molecule has 136 valence electrons. The molecule has 0 radical (unpaired) electrons. The van der Waals surface area contributed by atoms with Gasteiger partial charge < -0.3 is 15.5 Å². The Hall–Kier alpha value is -0.0300. The third-order valence-electron chi connectivity index (χ3n) is 5.77. The van der Waals surface area contributed by atoms with E-state index in [1.807, 2.05) is 0 Å². The summed E-state index contributed by atoms with van der Waals surface area (Å²) in [4.78, 5) is 15.0. The van der Waals surface area contributed by atoms with Crippen LogP contribution in [-0.4, -0.2) is 49.6 Å². The predicted molar refractivity (Wildman–Crippen MR) is 99.6 cm³/mol. The number of rotatable bonds is 4. The standard InChI is InChI=1S/C17H31N3O.2ClH/c1-13-4-3-9-20(11-13)12-14(2)19-16(21)15-10-17(15)5-7-18-8-6-17;;/h13-15,18H,3-12H2,1-2H3,(H,19,21);2*1H. The molecule has 1 amide bonds. The minimum absolute atomic E-state index is 0. The highest BCUT2D eigenvalue weighted by atomic mass is 35.5. The molecule has 23 heavy (non-hydrogen) atoms. The van der Waals surface area contributed by atoms with Crippen LogP contribution in [0.15, 0.2) is 0 Å². The predicted octanol–water partition coefficient (Wildman–Crippen LogP) is 2.46. The van der Waals surface area contributed by atoms with Crippen molar-refractivity contribution in [1.82, 2.24) is 15.5 Å². The summed E-state index contributed by atoms with van der Waals surface area (Å²) in [6.07, 6.45) is 6.15. The van der Waals surface area contributed by atoms with Crippen LogP contribution in [0.5, 0.6) is 0 Å². The second kappa shape index (κ2) is 8.89. The number of hydrogen-bond acceptors (Lipinski definition) is 3. The molecule has 0 aromatic heterocycles. The van der Waals surface area contributed by atoms with Crippen molar-refractivity contribution in [3.8, 4) is 0 Å². The number of hydrogen-bond donors (Lipinski definition) is 2. The Morgan fingerprint density at radius 2 is 2.04 bits per heavy atom. The number of amides is 1. The summed E-state index contributed by atoms with van der Waals surface area (Å²) in [5.74, 6) is 1.42. The van der Waals surface area contributed by atoms with E-state index in [1.54, 1.807) is 0 Å². The van der Waals surface area contributed by atoms with Gasteiger partial charge in [-0.05, 0) is 70.0 Å². The van der Waals surface area contributed by atoms with Crippen molar-refractivity contribution < 1.29 is 4.79 Å². The van der Waals surface area contributed by atoms with Crippen molar-refractivity contribution in [3.05, 3.63) is 0 Å². The van der Waals surface area contributed by atoms with E-state index in [2.05, 4.69) is 29.4 Å². The van der Waals surface area contributed by atoms with Gasteiger partial charge in [-0.25, -0.2) is 0 Å². The number of piperidine rings is 2. The Morgan fingerprint density at radius 3 is 2.70 bits per heavy atom. The molecule has 6 heteroatoms. The van der Waals surface area contributed by atoms with Gasteiger partial charge in [-0.15, -0.1) is 24.8 Å². The fourth-order valence-corrected chi connectivity index (χ4v) is 4.42. The Kier molecular flexibility index (Phi) is 8.12. The molecular weight excluding hydrogens is 333 g/mol. The molecule has 2 heterocycles. The molecule has 1 aliphatic carbocycles. The fraction of sp³-hybridized carbons (Fsp3) is 0.941. The van der Waals surface area contributed by atoms with Crippen LogP contribution >= 0.6 is 24.8 Å². The third kappa shape index (κ3) is 5.22. The van der Waals surface area contributed by atoms with Gasteiger partial charge in [0.05, 0.1) is 0 Å². The van der Waals surface area contributed by atoms with Crippen molar-refractivity contribution in [3.63, 3.8) is 0 Å². The highest BCUT2D eigenvalue weighted by Crippen LogP contribution is 2.58. The van der Waals surface area contributed by atoms with Crippen LogP contribution in [0.3, 0.4) is 0 Å². The topological polar surface area (TPSA) is 44.4 Å². The fourth-order valence-electron chi connectivity index (χ4n) is 4.42. The zero-order valence-corrected chi connectivity index (χ0v) is 16.1. The second-order valence-corrected chi connectivity index (χ2v) is 7.79. The van der Waals surface area contributed by atoms with Gasteiger partial charge in [0.2, 0.25) is 5.91 Å². The first-order chi connectivity index (χ1) is 10.1. The summed E-state index contributed by atoms with van der Waals surface area (Å²) in [5, 5.41) is 6.68. The first kappa shape index (κ1) is 21.0. The highest BCUT2D eigenvalue weighted by Gasteiger charge is 2.57. The monoisotopic (exact) mass is 365 g/mol. The molecule has 3 aliphatic rings. The van der Waals surface area contributed by atoms with E-state index >= 15 is 0 Å². The molecule has 1 spiro atoms. The largest absolute Gasteiger partial charge is 0.352 e. The number of carbonyl (C=O) groups excluding carboxylic acids is 1. The van der Waals surface area contributed by atoms with Gasteiger partial charge in [0.1, 0.15) is 0 Å². The Morgan fingerprint density at radius 1 is 1.35 bits per heavy atom. The summed E-state index contributed by atoms with van der Waals surface area (Å²) in [7, 11) is 0. The number of halogens is 2. The lowest BCUT2D eigenvalue weighted by Gasteiger charge is -2.33. The Bertz CT molecular complexity index is 388. The number of nitrogens with one attached hydrogen (secondary N) is 2. The van der Waals surface area contributed by atoms with Crippen molar-refractivity contribution in [2.24, 2.45) is 17.3 Å². The molecule has 0 bridgehead atoms. The number of likely N-dealkylation sites (tertiary alicyclic amines) is 1. The summed E-state index contributed by atoms with van der Waals surface area (Å²) in [6.45, 7) is 10.1. The van der Waals surface area contributed by atoms with E-state index in [-0.39, 0.29) is 30.9 Å². The van der Waals surface area contributed by atoms with E-state index in [0.717, 1.165) is 32.0 Å². The quantitative estimate of drug-likeness (QED) is 0.803. The van der Waals surface area contributed by atoms with Crippen LogP contribution in [0.4, 0.5) is 0 Å². The van der Waals surface area contributed by atoms with Crippen LogP contribution in [0.2, 0.25) is 0 Å². The van der Waals surface area contributed by atoms with Gasteiger partial charge in [0, 0.05) is 25.0 Å². The van der Waals surface area contributed by atoms with Crippen LogP contribution in [0.25, 0.3) is 0 Å². The van der Waals surface area contributed by atoms with E-state index in [9.17, 15) is 4.79 Å². The molecular formula is C17H33Cl2N3O. The molecule has 2 N–H and O–H groups in total. The molecule has 3 unspecified atom stereocenters. The minimum atomic E-state index is 0. The van der Waals surface area contributed by atoms with Gasteiger partial charge in [-0.2, -0.15) is 0 Å². The normalized spacial score (nSPS) is 30.7. The molecule has 3 fully saturated rings. The zero-order chi connectivity index (χ0) is 14.9. The lowest BCUT2D eigenvalue weighted by molar-refractivity contribution is -0.124. The number of nitrogens with zero attached hydrogens (tertiary/aromatic N) is 1. The molecule has 3 rings (SSSR count). The molecule has 0 aromatic carbocycles. The summed E-state index contributed by atoms with van der Waals surface area (Å²) < 4.78 is 0. The highest BCUT2D eigenvalue weighted by molar-refractivity contribution is 5.85. The minimum Gasteiger partial charge on any atom is -0.352 e. The van der Waals surface area contributed by atoms with Crippen LogP contribution in [0, 0.1) is 17.3 Å². The van der Waals surface area contributed by atoms with Gasteiger partial charge in [-0.1, -0.05) is 6.92 Å².